The van der Waals surface area contributed by atoms with E-state index in [4.69, 9.17) is 9.47 Å². The van der Waals surface area contributed by atoms with E-state index in [0.717, 1.165) is 6.42 Å². The highest BCUT2D eigenvalue weighted by molar-refractivity contribution is 5.32. The first-order chi connectivity index (χ1) is 9.51. The lowest BCUT2D eigenvalue weighted by molar-refractivity contribution is 0.0885. The Kier molecular flexibility index (Phi) is 7.41. The lowest BCUT2D eigenvalue weighted by Crippen LogP contribution is -2.19. The Bertz CT molecular complexity index is 378. The first kappa shape index (κ1) is 16.8. The van der Waals surface area contributed by atoms with Gasteiger partial charge < -0.3 is 19.7 Å². The summed E-state index contributed by atoms with van der Waals surface area (Å²) in [5.41, 5.74) is 0. The first-order valence-corrected chi connectivity index (χ1v) is 7.23. The van der Waals surface area contributed by atoms with Gasteiger partial charge in [0.05, 0.1) is 12.2 Å². The zero-order valence-electron chi connectivity index (χ0n) is 12.6. The van der Waals surface area contributed by atoms with E-state index in [2.05, 4.69) is 13.8 Å². The third kappa shape index (κ3) is 6.78. The zero-order chi connectivity index (χ0) is 15.0. The van der Waals surface area contributed by atoms with Crippen molar-refractivity contribution in [3.05, 3.63) is 24.3 Å². The van der Waals surface area contributed by atoms with Gasteiger partial charge in [0.1, 0.15) is 24.7 Å². The molecule has 0 heterocycles. The van der Waals surface area contributed by atoms with E-state index in [1.54, 1.807) is 6.07 Å². The van der Waals surface area contributed by atoms with Crippen LogP contribution in [0.1, 0.15) is 33.6 Å². The molecular formula is C16H26O4. The summed E-state index contributed by atoms with van der Waals surface area (Å²) in [6, 6.07) is 7.24. The Balaban J connectivity index is 2.43. The number of rotatable bonds is 9. The summed E-state index contributed by atoms with van der Waals surface area (Å²) in [6.07, 6.45) is 0.477. The van der Waals surface area contributed by atoms with Crippen molar-refractivity contribution in [1.29, 1.82) is 0 Å². The molecule has 0 aliphatic rings. The molecule has 4 nitrogen and oxygen atoms in total. The van der Waals surface area contributed by atoms with Gasteiger partial charge in [-0.3, -0.25) is 0 Å². The van der Waals surface area contributed by atoms with Crippen molar-refractivity contribution in [2.24, 2.45) is 5.92 Å². The molecule has 0 bridgehead atoms. The fourth-order valence-corrected chi connectivity index (χ4v) is 1.77. The standard InChI is InChI=1S/C16H26O4/c1-4-13(17)10-19-15-6-5-7-16(9-15)20-11-14(18)8-12(2)3/h5-7,9,12-14,17-18H,4,8,10-11H2,1-3H3. The minimum Gasteiger partial charge on any atom is -0.491 e. The van der Waals surface area contributed by atoms with Crippen LogP contribution in [0, 0.1) is 5.92 Å². The Labute approximate surface area is 121 Å². The quantitative estimate of drug-likeness (QED) is 0.731. The molecule has 0 saturated heterocycles. The van der Waals surface area contributed by atoms with E-state index in [0.29, 0.717) is 23.8 Å². The largest absolute Gasteiger partial charge is 0.491 e. The van der Waals surface area contributed by atoms with Crippen molar-refractivity contribution < 1.29 is 19.7 Å². The third-order valence-electron chi connectivity index (χ3n) is 2.91. The van der Waals surface area contributed by atoms with Crippen LogP contribution in [0.15, 0.2) is 24.3 Å². The van der Waals surface area contributed by atoms with Crippen molar-refractivity contribution in [2.75, 3.05) is 13.2 Å². The topological polar surface area (TPSA) is 58.9 Å². The molecule has 0 amide bonds. The Morgan fingerprint density at radius 3 is 2.05 bits per heavy atom. The monoisotopic (exact) mass is 282 g/mol. The fourth-order valence-electron chi connectivity index (χ4n) is 1.77. The number of hydrogen-bond donors (Lipinski definition) is 2. The van der Waals surface area contributed by atoms with Gasteiger partial charge in [0, 0.05) is 6.07 Å². The summed E-state index contributed by atoms with van der Waals surface area (Å²) in [4.78, 5) is 0. The molecule has 1 aromatic rings. The zero-order valence-corrected chi connectivity index (χ0v) is 12.6. The molecule has 2 N–H and O–H groups in total. The van der Waals surface area contributed by atoms with Gasteiger partial charge in [0.15, 0.2) is 0 Å². The summed E-state index contributed by atoms with van der Waals surface area (Å²) < 4.78 is 11.0. The molecule has 0 aliphatic heterocycles. The second-order valence-electron chi connectivity index (χ2n) is 5.44. The van der Waals surface area contributed by atoms with Crippen LogP contribution < -0.4 is 9.47 Å². The smallest absolute Gasteiger partial charge is 0.123 e. The highest BCUT2D eigenvalue weighted by Crippen LogP contribution is 2.20. The van der Waals surface area contributed by atoms with E-state index in [9.17, 15) is 10.2 Å². The molecule has 2 unspecified atom stereocenters. The van der Waals surface area contributed by atoms with Gasteiger partial charge in [-0.15, -0.1) is 0 Å². The maximum Gasteiger partial charge on any atom is 0.123 e. The van der Waals surface area contributed by atoms with Crippen molar-refractivity contribution in [2.45, 2.75) is 45.8 Å². The maximum atomic E-state index is 9.77. The molecule has 0 radical (unpaired) electrons. The van der Waals surface area contributed by atoms with Gasteiger partial charge >= 0.3 is 0 Å². The Morgan fingerprint density at radius 1 is 1.00 bits per heavy atom. The number of aliphatic hydroxyl groups excluding tert-OH is 2. The van der Waals surface area contributed by atoms with Crippen LogP contribution in [0.3, 0.4) is 0 Å². The van der Waals surface area contributed by atoms with Gasteiger partial charge in [-0.2, -0.15) is 0 Å². The van der Waals surface area contributed by atoms with Crippen LogP contribution >= 0.6 is 0 Å². The lowest BCUT2D eigenvalue weighted by atomic mass is 10.1. The molecule has 0 saturated carbocycles. The molecule has 114 valence electrons. The van der Waals surface area contributed by atoms with Crippen molar-refractivity contribution in [3.63, 3.8) is 0 Å². The molecule has 1 aromatic carbocycles. The number of ether oxygens (including phenoxy) is 2. The first-order valence-electron chi connectivity index (χ1n) is 7.23. The maximum absolute atomic E-state index is 9.77. The average molecular weight is 282 g/mol. The minimum atomic E-state index is -0.457. The van der Waals surface area contributed by atoms with Crippen molar-refractivity contribution in [3.8, 4) is 11.5 Å². The van der Waals surface area contributed by atoms with E-state index in [-0.39, 0.29) is 13.2 Å². The van der Waals surface area contributed by atoms with Crippen LogP contribution in [0.2, 0.25) is 0 Å². The summed E-state index contributed by atoms with van der Waals surface area (Å²) in [7, 11) is 0. The molecule has 0 fully saturated rings. The van der Waals surface area contributed by atoms with Gasteiger partial charge in [0.2, 0.25) is 0 Å². The summed E-state index contributed by atoms with van der Waals surface area (Å²) in [5.74, 6) is 1.77. The molecule has 20 heavy (non-hydrogen) atoms. The highest BCUT2D eigenvalue weighted by Gasteiger charge is 2.08. The molecule has 4 heteroatoms. The normalized spacial score (nSPS) is 14.1. The van der Waals surface area contributed by atoms with Gasteiger partial charge in [-0.05, 0) is 30.9 Å². The summed E-state index contributed by atoms with van der Waals surface area (Å²) in [6.45, 7) is 6.59. The molecule has 0 aromatic heterocycles. The van der Waals surface area contributed by atoms with Gasteiger partial charge in [0.25, 0.3) is 0 Å². The SMILES string of the molecule is CCC(O)COc1cccc(OCC(O)CC(C)C)c1. The van der Waals surface area contributed by atoms with E-state index in [1.165, 1.54) is 0 Å². The Hall–Kier alpha value is -1.26. The highest BCUT2D eigenvalue weighted by atomic mass is 16.5. The molecular weight excluding hydrogens is 256 g/mol. The fraction of sp³-hybridized carbons (Fsp3) is 0.625. The van der Waals surface area contributed by atoms with E-state index >= 15 is 0 Å². The van der Waals surface area contributed by atoms with Crippen molar-refractivity contribution in [1.82, 2.24) is 0 Å². The molecule has 0 spiro atoms. The van der Waals surface area contributed by atoms with E-state index < -0.39 is 12.2 Å². The van der Waals surface area contributed by atoms with E-state index in [1.807, 2.05) is 25.1 Å². The van der Waals surface area contributed by atoms with Crippen LogP contribution in [-0.4, -0.2) is 35.6 Å². The second-order valence-corrected chi connectivity index (χ2v) is 5.44. The second kappa shape index (κ2) is 8.82. The molecule has 1 rings (SSSR count). The Morgan fingerprint density at radius 2 is 1.55 bits per heavy atom. The average Bonchev–Trinajstić information content (AvgIpc) is 2.42. The third-order valence-corrected chi connectivity index (χ3v) is 2.91. The van der Waals surface area contributed by atoms with Crippen LogP contribution in [0.25, 0.3) is 0 Å². The lowest BCUT2D eigenvalue weighted by Gasteiger charge is -2.15. The predicted molar refractivity (Wildman–Crippen MR) is 79.2 cm³/mol. The summed E-state index contributed by atoms with van der Waals surface area (Å²) in [5, 5.41) is 19.2. The van der Waals surface area contributed by atoms with Crippen LogP contribution in [0.4, 0.5) is 0 Å². The van der Waals surface area contributed by atoms with Gasteiger partial charge in [-0.25, -0.2) is 0 Å². The number of hydrogen-bond acceptors (Lipinski definition) is 4. The molecule has 0 aliphatic carbocycles. The minimum absolute atomic E-state index is 0.274. The van der Waals surface area contributed by atoms with Crippen LogP contribution in [-0.2, 0) is 0 Å². The van der Waals surface area contributed by atoms with Crippen LogP contribution in [0.5, 0.6) is 11.5 Å². The summed E-state index contributed by atoms with van der Waals surface area (Å²) >= 11 is 0. The predicted octanol–water partition coefficient (Wildman–Crippen LogP) is 2.62. The number of benzene rings is 1. The number of aliphatic hydroxyl groups is 2. The molecule has 2 atom stereocenters. The van der Waals surface area contributed by atoms with Crippen molar-refractivity contribution >= 4 is 0 Å². The van der Waals surface area contributed by atoms with Gasteiger partial charge in [-0.1, -0.05) is 26.8 Å².